The smallest absolute Gasteiger partial charge is 0.142 e. The van der Waals surface area contributed by atoms with Gasteiger partial charge in [-0.05, 0) is 112 Å². The lowest BCUT2D eigenvalue weighted by molar-refractivity contribution is 0.115. The highest BCUT2D eigenvalue weighted by Crippen LogP contribution is 2.48. The van der Waals surface area contributed by atoms with Crippen LogP contribution in [0.1, 0.15) is 87.8 Å². The van der Waals surface area contributed by atoms with Gasteiger partial charge in [-0.1, -0.05) is 54.7 Å². The molecule has 0 aromatic heterocycles. The van der Waals surface area contributed by atoms with Crippen LogP contribution in [0, 0.1) is 35.4 Å². The topological polar surface area (TPSA) is 9.23 Å². The first kappa shape index (κ1) is 25.3. The fraction of sp³-hybridized carbons (Fsp3) is 0.455. The van der Waals surface area contributed by atoms with Gasteiger partial charge in [-0.2, -0.15) is 0 Å². The number of halogens is 1. The summed E-state index contributed by atoms with van der Waals surface area (Å²) in [5.74, 6) is 9.74. The molecular weight excluding hydrogens is 431 g/mol. The maximum absolute atomic E-state index is 14.4. The Balaban J connectivity index is 1.31. The van der Waals surface area contributed by atoms with E-state index < -0.39 is 0 Å². The van der Waals surface area contributed by atoms with Crippen molar-refractivity contribution in [1.82, 2.24) is 0 Å². The Morgan fingerprint density at radius 3 is 2.43 bits per heavy atom. The highest BCUT2D eigenvalue weighted by atomic mass is 19.1. The van der Waals surface area contributed by atoms with E-state index in [9.17, 15) is 4.39 Å². The molecule has 0 amide bonds. The number of allylic oxidation sites excluding steroid dienone is 3. The molecule has 2 saturated carbocycles. The van der Waals surface area contributed by atoms with Crippen LogP contribution in [-0.4, -0.2) is 6.61 Å². The van der Waals surface area contributed by atoms with E-state index in [0.29, 0.717) is 23.8 Å². The van der Waals surface area contributed by atoms with Gasteiger partial charge < -0.3 is 4.74 Å². The van der Waals surface area contributed by atoms with Crippen LogP contribution in [0.4, 0.5) is 4.39 Å². The Kier molecular flexibility index (Phi) is 9.24. The minimum absolute atomic E-state index is 0.347. The summed E-state index contributed by atoms with van der Waals surface area (Å²) < 4.78 is 19.9. The molecule has 2 aliphatic rings. The number of benzene rings is 2. The van der Waals surface area contributed by atoms with Crippen LogP contribution >= 0.6 is 0 Å². The molecule has 4 unspecified atom stereocenters. The lowest BCUT2D eigenvalue weighted by atomic mass is 9.63. The van der Waals surface area contributed by atoms with Crippen molar-refractivity contribution in [3.05, 3.63) is 89.3 Å². The maximum atomic E-state index is 14.4. The van der Waals surface area contributed by atoms with Gasteiger partial charge in [0.25, 0.3) is 0 Å². The molecule has 0 spiro atoms. The normalized spacial score (nSPS) is 24.2. The fourth-order valence-corrected chi connectivity index (χ4v) is 5.96. The number of hydrogen-bond acceptors (Lipinski definition) is 1. The van der Waals surface area contributed by atoms with Gasteiger partial charge in [-0.15, -0.1) is 0 Å². The Labute approximate surface area is 211 Å². The zero-order chi connectivity index (χ0) is 24.5. The third kappa shape index (κ3) is 7.11. The van der Waals surface area contributed by atoms with Crippen LogP contribution in [0.5, 0.6) is 5.75 Å². The predicted molar refractivity (Wildman–Crippen MR) is 144 cm³/mol. The number of hydrogen-bond donors (Lipinski definition) is 0. The van der Waals surface area contributed by atoms with Crippen molar-refractivity contribution >= 4 is 0 Å². The van der Waals surface area contributed by atoms with E-state index >= 15 is 0 Å². The van der Waals surface area contributed by atoms with Crippen LogP contribution in [0.15, 0.2) is 66.8 Å². The number of ether oxygens (including phenoxy) is 1. The average Bonchev–Trinajstić information content (AvgIpc) is 2.88. The molecular formula is C33H39FO. The molecule has 35 heavy (non-hydrogen) atoms. The van der Waals surface area contributed by atoms with Crippen molar-refractivity contribution in [2.45, 2.75) is 71.1 Å². The first-order valence-corrected chi connectivity index (χ1v) is 13.4. The molecule has 0 saturated heterocycles. The second kappa shape index (κ2) is 12.8. The van der Waals surface area contributed by atoms with Crippen LogP contribution in [0.3, 0.4) is 0 Å². The molecule has 0 radical (unpaired) electrons. The Morgan fingerprint density at radius 2 is 1.66 bits per heavy atom. The molecule has 2 aromatic rings. The summed E-state index contributed by atoms with van der Waals surface area (Å²) in [5.41, 5.74) is 2.77. The largest absolute Gasteiger partial charge is 0.489 e. The second-order valence-corrected chi connectivity index (χ2v) is 10.2. The first-order chi connectivity index (χ1) is 17.2. The van der Waals surface area contributed by atoms with Gasteiger partial charge in [0, 0.05) is 11.6 Å². The summed E-state index contributed by atoms with van der Waals surface area (Å²) in [5, 5.41) is 0. The van der Waals surface area contributed by atoms with E-state index in [0.717, 1.165) is 23.3 Å². The summed E-state index contributed by atoms with van der Waals surface area (Å²) >= 11 is 0. The van der Waals surface area contributed by atoms with Crippen LogP contribution in [0.25, 0.3) is 0 Å². The highest BCUT2D eigenvalue weighted by Gasteiger charge is 2.35. The molecule has 0 bridgehead atoms. The van der Waals surface area contributed by atoms with E-state index in [1.54, 1.807) is 12.1 Å². The molecule has 4 rings (SSSR count). The molecule has 2 aromatic carbocycles. The van der Waals surface area contributed by atoms with Crippen LogP contribution < -0.4 is 4.74 Å². The van der Waals surface area contributed by atoms with Crippen molar-refractivity contribution < 1.29 is 9.13 Å². The second-order valence-electron chi connectivity index (χ2n) is 10.2. The van der Waals surface area contributed by atoms with Gasteiger partial charge in [-0.25, -0.2) is 4.39 Å². The van der Waals surface area contributed by atoms with E-state index in [1.807, 2.05) is 19.1 Å². The number of fused-ring (bicyclic) bond motifs is 1. The van der Waals surface area contributed by atoms with Crippen molar-refractivity contribution in [2.24, 2.45) is 17.8 Å². The quantitative estimate of drug-likeness (QED) is 0.290. The summed E-state index contributed by atoms with van der Waals surface area (Å²) in [6.07, 6.45) is 19.2. The molecule has 0 N–H and O–H groups in total. The SMILES string of the molecule is C/C=C/CCC1CCC2CC(c3ccc(C#Cc4ccc(OC/C=C/C)cc4F)cc3)CCC2C1. The van der Waals surface area contributed by atoms with Crippen LogP contribution in [0.2, 0.25) is 0 Å². The highest BCUT2D eigenvalue weighted by molar-refractivity contribution is 5.46. The monoisotopic (exact) mass is 470 g/mol. The van der Waals surface area contributed by atoms with Gasteiger partial charge in [0.1, 0.15) is 18.2 Å². The van der Waals surface area contributed by atoms with Crippen molar-refractivity contribution in [3.63, 3.8) is 0 Å². The molecule has 4 atom stereocenters. The predicted octanol–water partition coefficient (Wildman–Crippen LogP) is 8.84. The summed E-state index contributed by atoms with van der Waals surface area (Å²) in [6.45, 7) is 4.49. The van der Waals surface area contributed by atoms with Gasteiger partial charge in [0.15, 0.2) is 0 Å². The fourth-order valence-electron chi connectivity index (χ4n) is 5.96. The van der Waals surface area contributed by atoms with E-state index in [1.165, 1.54) is 63.0 Å². The van der Waals surface area contributed by atoms with Crippen molar-refractivity contribution in [1.29, 1.82) is 0 Å². The Bertz CT molecular complexity index is 1070. The Hall–Kier alpha value is -2.79. The molecule has 2 heteroatoms. The van der Waals surface area contributed by atoms with Crippen molar-refractivity contribution in [2.75, 3.05) is 6.61 Å². The third-order valence-corrected chi connectivity index (χ3v) is 7.94. The summed E-state index contributed by atoms with van der Waals surface area (Å²) in [4.78, 5) is 0. The van der Waals surface area contributed by atoms with Crippen LogP contribution in [-0.2, 0) is 0 Å². The summed E-state index contributed by atoms with van der Waals surface area (Å²) in [6, 6.07) is 13.5. The summed E-state index contributed by atoms with van der Waals surface area (Å²) in [7, 11) is 0. The molecule has 184 valence electrons. The Morgan fingerprint density at radius 1 is 0.886 bits per heavy atom. The zero-order valence-electron chi connectivity index (χ0n) is 21.3. The minimum Gasteiger partial charge on any atom is -0.489 e. The molecule has 0 heterocycles. The lowest BCUT2D eigenvalue weighted by Crippen LogP contribution is -2.30. The number of rotatable bonds is 7. The van der Waals surface area contributed by atoms with Gasteiger partial charge in [-0.3, -0.25) is 0 Å². The minimum atomic E-state index is -0.347. The third-order valence-electron chi connectivity index (χ3n) is 7.94. The van der Waals surface area contributed by atoms with Gasteiger partial charge in [0.05, 0.1) is 5.56 Å². The molecule has 2 fully saturated rings. The maximum Gasteiger partial charge on any atom is 0.142 e. The zero-order valence-corrected chi connectivity index (χ0v) is 21.3. The van der Waals surface area contributed by atoms with E-state index in [4.69, 9.17) is 4.74 Å². The van der Waals surface area contributed by atoms with Gasteiger partial charge in [0.2, 0.25) is 0 Å². The average molecular weight is 471 g/mol. The van der Waals surface area contributed by atoms with Gasteiger partial charge >= 0.3 is 0 Å². The first-order valence-electron chi connectivity index (χ1n) is 13.4. The van der Waals surface area contributed by atoms with E-state index in [-0.39, 0.29) is 5.82 Å². The molecule has 2 aliphatic carbocycles. The molecule has 0 aliphatic heterocycles. The van der Waals surface area contributed by atoms with E-state index in [2.05, 4.69) is 55.2 Å². The van der Waals surface area contributed by atoms with Crippen molar-refractivity contribution in [3.8, 4) is 17.6 Å². The molecule has 1 nitrogen and oxygen atoms in total. The standard InChI is InChI=1S/C33H39FO/c1-3-5-7-8-26-12-16-31-23-30(18-17-29(31)22-26)27-13-9-25(10-14-27)11-15-28-19-20-32(24-33(28)34)35-21-6-4-2/h3-6,9-10,13-14,19-20,24,26,29-31H,7-8,12,16-18,21-23H2,1-2H3/b5-3+,6-4+. The lowest BCUT2D eigenvalue weighted by Gasteiger charge is -2.42.